The zero-order valence-electron chi connectivity index (χ0n) is 39.6. The highest BCUT2D eigenvalue weighted by molar-refractivity contribution is 7.46. The van der Waals surface area contributed by atoms with Crippen LogP contribution in [0.3, 0.4) is 0 Å². The van der Waals surface area contributed by atoms with Crippen LogP contribution in [0, 0.1) is 0 Å². The summed E-state index contributed by atoms with van der Waals surface area (Å²) in [6.07, 6.45) is 26.5. The highest BCUT2D eigenvalue weighted by Crippen LogP contribution is 2.42. The van der Waals surface area contributed by atoms with Gasteiger partial charge in [-0.2, -0.15) is 0 Å². The lowest BCUT2D eigenvalue weighted by Crippen LogP contribution is -2.65. The van der Waals surface area contributed by atoms with E-state index in [1.165, 1.54) is 77.0 Å². The molecule has 0 aliphatic carbocycles. The molecule has 1 aliphatic heterocycles. The normalized spacial score (nSPS) is 19.5. The van der Waals surface area contributed by atoms with Crippen molar-refractivity contribution in [1.29, 1.82) is 0 Å². The van der Waals surface area contributed by atoms with Gasteiger partial charge in [0.05, 0.1) is 13.0 Å². The molecule has 0 saturated carbocycles. The lowest BCUT2D eigenvalue weighted by atomic mass is 9.96. The third kappa shape index (κ3) is 32.6. The summed E-state index contributed by atoms with van der Waals surface area (Å²) in [5, 5.41) is 32.6. The molecule has 0 aromatic carbocycles. The summed E-state index contributed by atoms with van der Waals surface area (Å²) in [7, 11) is -5.23. The van der Waals surface area contributed by atoms with Gasteiger partial charge in [-0.05, 0) is 32.1 Å². The van der Waals surface area contributed by atoms with Gasteiger partial charge in [-0.3, -0.25) is 18.9 Å². The van der Waals surface area contributed by atoms with Crippen molar-refractivity contribution >= 4 is 25.7 Å². The van der Waals surface area contributed by atoms with Crippen molar-refractivity contribution in [1.82, 2.24) is 5.32 Å². The van der Waals surface area contributed by atoms with Crippen LogP contribution in [0.5, 0.6) is 0 Å². The van der Waals surface area contributed by atoms with Crippen molar-refractivity contribution < 1.29 is 62.8 Å². The fourth-order valence-electron chi connectivity index (χ4n) is 8.34. The van der Waals surface area contributed by atoms with Crippen molar-refractivity contribution in [2.24, 2.45) is 0 Å². The zero-order valence-corrected chi connectivity index (χ0v) is 40.5. The van der Waals surface area contributed by atoms with Crippen LogP contribution >= 0.6 is 7.82 Å². The minimum atomic E-state index is -5.23. The highest BCUT2D eigenvalue weighted by Gasteiger charge is 2.51. The number of aliphatic hydroxyl groups excluding tert-OH is 3. The quantitative estimate of drug-likeness (QED) is 0.0191. The van der Waals surface area contributed by atoms with Gasteiger partial charge in [0.15, 0.2) is 12.4 Å². The number of phosphoric ester groups is 1. The van der Waals surface area contributed by atoms with Crippen LogP contribution in [0.2, 0.25) is 0 Å². The second kappa shape index (κ2) is 39.5. The van der Waals surface area contributed by atoms with Gasteiger partial charge in [0.2, 0.25) is 5.91 Å². The molecule has 1 amide bonds. The molecule has 1 saturated heterocycles. The Bertz CT molecular complexity index is 1170. The molecule has 2 unspecified atom stereocenters. The number of unbranched alkanes of at least 4 members (excludes halogenated alkanes) is 28. The SMILES string of the molecule is CCCCCCCCCCCCCC(=O)OC(CCCCCCCCCCC)CC(=O)N[C@H]1C(O)O[C@H](CO)[C@@H](OP(=O)(O)O)[C@@H]1OC(=O)CCCCCCCCCCCCCO. The van der Waals surface area contributed by atoms with E-state index >= 15 is 0 Å². The van der Waals surface area contributed by atoms with Gasteiger partial charge in [0.25, 0.3) is 0 Å². The van der Waals surface area contributed by atoms with Crippen LogP contribution in [0.25, 0.3) is 0 Å². The molecule has 6 atom stereocenters. The second-order valence-electron chi connectivity index (χ2n) is 17.9. The van der Waals surface area contributed by atoms with E-state index in [0.29, 0.717) is 19.3 Å². The number of aliphatic hydroxyl groups is 3. The number of nitrogens with one attached hydrogen (secondary N) is 1. The third-order valence-electron chi connectivity index (χ3n) is 12.1. The topological polar surface area (TPSA) is 218 Å². The Morgan fingerprint density at radius 1 is 0.587 bits per heavy atom. The average molecular weight is 922 g/mol. The summed E-state index contributed by atoms with van der Waals surface area (Å²) in [4.78, 5) is 59.4. The molecule has 0 aromatic rings. The molecule has 0 spiro atoms. The minimum Gasteiger partial charge on any atom is -0.462 e. The summed E-state index contributed by atoms with van der Waals surface area (Å²) in [5.41, 5.74) is 0. The molecule has 1 aliphatic rings. The fraction of sp³-hybridized carbons (Fsp3) is 0.938. The molecule has 0 radical (unpaired) electrons. The highest BCUT2D eigenvalue weighted by atomic mass is 31.2. The van der Waals surface area contributed by atoms with E-state index in [-0.39, 0.29) is 31.8 Å². The first-order valence-corrected chi connectivity index (χ1v) is 27.0. The number of rotatable bonds is 43. The lowest BCUT2D eigenvalue weighted by molar-refractivity contribution is -0.256. The number of carbonyl (C=O) groups is 3. The standard InChI is InChI=1S/C48H92NO13P/c1-3-5-7-9-11-13-15-19-23-27-31-35-43(53)59-40(34-30-26-22-18-12-10-8-6-4-2)38-42(52)49-45-47(46(62-63(56,57)58)41(39-51)60-48(45)55)61-44(54)36-32-28-24-20-16-14-17-21-25-29-33-37-50/h40-41,45-48,50-51,55H,3-39H2,1-2H3,(H,49,52)(H2,56,57,58)/t40?,41-,45-,46-,47-,48?/m1/s1. The van der Waals surface area contributed by atoms with Crippen LogP contribution in [-0.4, -0.2) is 92.9 Å². The first-order valence-electron chi connectivity index (χ1n) is 25.4. The Labute approximate surface area is 381 Å². The van der Waals surface area contributed by atoms with Gasteiger partial charge in [0, 0.05) is 19.4 Å². The summed E-state index contributed by atoms with van der Waals surface area (Å²) in [5.74, 6) is -1.74. The van der Waals surface area contributed by atoms with E-state index in [9.17, 15) is 38.9 Å². The molecule has 0 aromatic heterocycles. The molecule has 0 bridgehead atoms. The average Bonchev–Trinajstić information content (AvgIpc) is 3.24. The maximum atomic E-state index is 13.7. The van der Waals surface area contributed by atoms with Gasteiger partial charge >= 0.3 is 19.8 Å². The Balaban J connectivity index is 2.86. The number of amides is 1. The summed E-state index contributed by atoms with van der Waals surface area (Å²) >= 11 is 0. The van der Waals surface area contributed by atoms with Crippen molar-refractivity contribution in [2.45, 2.75) is 275 Å². The maximum Gasteiger partial charge on any atom is 0.470 e. The molecule has 1 fully saturated rings. The number of esters is 2. The van der Waals surface area contributed by atoms with Crippen LogP contribution in [0.15, 0.2) is 0 Å². The Morgan fingerprint density at radius 2 is 1.00 bits per heavy atom. The predicted molar refractivity (Wildman–Crippen MR) is 247 cm³/mol. The van der Waals surface area contributed by atoms with E-state index in [2.05, 4.69) is 19.2 Å². The zero-order chi connectivity index (χ0) is 46.4. The van der Waals surface area contributed by atoms with Crippen molar-refractivity contribution in [3.63, 3.8) is 0 Å². The summed E-state index contributed by atoms with van der Waals surface area (Å²) in [6, 6.07) is -1.51. The Hall–Kier alpha value is -1.64. The van der Waals surface area contributed by atoms with Gasteiger partial charge in [-0.1, -0.05) is 187 Å². The van der Waals surface area contributed by atoms with Gasteiger partial charge in [-0.25, -0.2) is 4.57 Å². The molecule has 1 heterocycles. The van der Waals surface area contributed by atoms with Gasteiger partial charge in [0.1, 0.15) is 24.4 Å². The number of ether oxygens (including phenoxy) is 3. The molecule has 14 nitrogen and oxygen atoms in total. The Morgan fingerprint density at radius 3 is 1.43 bits per heavy atom. The Kier molecular flexibility index (Phi) is 37.2. The van der Waals surface area contributed by atoms with Crippen molar-refractivity contribution in [3.05, 3.63) is 0 Å². The van der Waals surface area contributed by atoms with Crippen molar-refractivity contribution in [3.8, 4) is 0 Å². The lowest BCUT2D eigenvalue weighted by Gasteiger charge is -2.43. The van der Waals surface area contributed by atoms with Crippen LogP contribution in [0.4, 0.5) is 0 Å². The number of phosphoric acid groups is 1. The molecule has 6 N–H and O–H groups in total. The molecule has 1 rings (SSSR count). The molecular formula is C48H92NO13P. The summed E-state index contributed by atoms with van der Waals surface area (Å²) < 4.78 is 34.0. The second-order valence-corrected chi connectivity index (χ2v) is 19.1. The molecule has 63 heavy (non-hydrogen) atoms. The minimum absolute atomic E-state index is 0.0126. The first-order chi connectivity index (χ1) is 30.4. The fourth-order valence-corrected chi connectivity index (χ4v) is 8.92. The number of carbonyl (C=O) groups excluding carboxylic acids is 3. The largest absolute Gasteiger partial charge is 0.470 e. The maximum absolute atomic E-state index is 13.7. The molecule has 372 valence electrons. The predicted octanol–water partition coefficient (Wildman–Crippen LogP) is 10.2. The van der Waals surface area contributed by atoms with E-state index in [1.54, 1.807) is 0 Å². The van der Waals surface area contributed by atoms with Gasteiger partial charge < -0.3 is 44.6 Å². The van der Waals surface area contributed by atoms with E-state index in [0.717, 1.165) is 109 Å². The van der Waals surface area contributed by atoms with Crippen LogP contribution < -0.4 is 5.32 Å². The van der Waals surface area contributed by atoms with Crippen LogP contribution in [0.1, 0.15) is 239 Å². The van der Waals surface area contributed by atoms with E-state index in [4.69, 9.17) is 23.8 Å². The van der Waals surface area contributed by atoms with E-state index < -0.39 is 63.1 Å². The first kappa shape index (κ1) is 59.4. The summed E-state index contributed by atoms with van der Waals surface area (Å²) in [6.45, 7) is 3.84. The van der Waals surface area contributed by atoms with E-state index in [1.807, 2.05) is 0 Å². The smallest absolute Gasteiger partial charge is 0.462 e. The monoisotopic (exact) mass is 922 g/mol. The number of hydrogen-bond donors (Lipinski definition) is 6. The molecular weight excluding hydrogens is 829 g/mol. The van der Waals surface area contributed by atoms with Crippen molar-refractivity contribution in [2.75, 3.05) is 13.2 Å². The van der Waals surface area contributed by atoms with Gasteiger partial charge in [-0.15, -0.1) is 0 Å². The third-order valence-corrected chi connectivity index (χ3v) is 12.6. The molecule has 15 heteroatoms. The number of hydrogen-bond acceptors (Lipinski definition) is 11. The van der Waals surface area contributed by atoms with Crippen LogP contribution in [-0.2, 0) is 37.7 Å².